The van der Waals surface area contributed by atoms with E-state index in [0.29, 0.717) is 6.54 Å². The highest BCUT2D eigenvalue weighted by Gasteiger charge is 2.40. The second kappa shape index (κ2) is 3.94. The lowest BCUT2D eigenvalue weighted by molar-refractivity contribution is 0.239. The van der Waals surface area contributed by atoms with E-state index in [1.54, 1.807) is 6.07 Å². The number of nitrogens with two attached hydrogens (primary N) is 1. The minimum atomic E-state index is -0.695. The number of methoxy groups -OCH3 is 1. The van der Waals surface area contributed by atoms with Gasteiger partial charge in [0.2, 0.25) is 5.82 Å². The van der Waals surface area contributed by atoms with Gasteiger partial charge in [0.1, 0.15) is 0 Å². The summed E-state index contributed by atoms with van der Waals surface area (Å²) in [6.45, 7) is 0.480. The Morgan fingerprint density at radius 2 is 2.19 bits per heavy atom. The first-order chi connectivity index (χ1) is 7.64. The summed E-state index contributed by atoms with van der Waals surface area (Å²) in [7, 11) is 1.41. The summed E-state index contributed by atoms with van der Waals surface area (Å²) in [5.41, 5.74) is 6.38. The van der Waals surface area contributed by atoms with E-state index in [4.69, 9.17) is 10.5 Å². The van der Waals surface area contributed by atoms with Crippen molar-refractivity contribution in [1.29, 1.82) is 0 Å². The van der Waals surface area contributed by atoms with E-state index in [2.05, 4.69) is 0 Å². The molecule has 1 saturated carbocycles. The van der Waals surface area contributed by atoms with Crippen LogP contribution in [0.3, 0.4) is 0 Å². The van der Waals surface area contributed by atoms with Gasteiger partial charge in [-0.2, -0.15) is 4.39 Å². The SMILES string of the molecule is COc1c(C2(CN)CCC2)ccc(O)c1F. The molecule has 0 spiro atoms. The van der Waals surface area contributed by atoms with Gasteiger partial charge in [-0.05, 0) is 18.9 Å². The number of rotatable bonds is 3. The molecule has 0 aliphatic heterocycles. The zero-order chi connectivity index (χ0) is 11.8. The fourth-order valence-electron chi connectivity index (χ4n) is 2.35. The molecule has 0 atom stereocenters. The number of benzene rings is 1. The third-order valence-corrected chi connectivity index (χ3v) is 3.55. The van der Waals surface area contributed by atoms with Gasteiger partial charge in [-0.1, -0.05) is 12.5 Å². The molecular weight excluding hydrogens is 209 g/mol. The Bertz CT molecular complexity index is 397. The maximum absolute atomic E-state index is 13.7. The Morgan fingerprint density at radius 3 is 2.62 bits per heavy atom. The lowest BCUT2D eigenvalue weighted by Crippen LogP contribution is -2.41. The van der Waals surface area contributed by atoms with Crippen LogP contribution in [0.2, 0.25) is 0 Å². The number of hydrogen-bond donors (Lipinski definition) is 2. The number of hydrogen-bond acceptors (Lipinski definition) is 3. The van der Waals surface area contributed by atoms with Gasteiger partial charge in [0.15, 0.2) is 11.5 Å². The Hall–Kier alpha value is -1.29. The third-order valence-electron chi connectivity index (χ3n) is 3.55. The standard InChI is InChI=1S/C12H16FNO2/c1-16-11-8(3-4-9(15)10(11)13)12(7-14)5-2-6-12/h3-4,15H,2,5-7,14H2,1H3. The van der Waals surface area contributed by atoms with Crippen molar-refractivity contribution in [3.05, 3.63) is 23.5 Å². The fourth-order valence-corrected chi connectivity index (χ4v) is 2.35. The molecule has 0 aromatic heterocycles. The quantitative estimate of drug-likeness (QED) is 0.826. The van der Waals surface area contributed by atoms with E-state index in [1.165, 1.54) is 13.2 Å². The molecule has 0 bridgehead atoms. The zero-order valence-electron chi connectivity index (χ0n) is 9.29. The molecule has 4 heteroatoms. The van der Waals surface area contributed by atoms with Crippen LogP contribution < -0.4 is 10.5 Å². The van der Waals surface area contributed by atoms with Gasteiger partial charge in [-0.15, -0.1) is 0 Å². The van der Waals surface area contributed by atoms with Crippen LogP contribution in [0.4, 0.5) is 4.39 Å². The van der Waals surface area contributed by atoms with Gasteiger partial charge >= 0.3 is 0 Å². The molecule has 2 rings (SSSR count). The molecule has 88 valence electrons. The minimum Gasteiger partial charge on any atom is -0.505 e. The minimum absolute atomic E-state index is 0.130. The van der Waals surface area contributed by atoms with E-state index >= 15 is 0 Å². The van der Waals surface area contributed by atoms with E-state index in [-0.39, 0.29) is 16.9 Å². The van der Waals surface area contributed by atoms with Crippen molar-refractivity contribution in [2.75, 3.05) is 13.7 Å². The van der Waals surface area contributed by atoms with Crippen LogP contribution in [-0.2, 0) is 5.41 Å². The van der Waals surface area contributed by atoms with Crippen molar-refractivity contribution in [1.82, 2.24) is 0 Å². The highest BCUT2D eigenvalue weighted by Crippen LogP contribution is 2.48. The summed E-state index contributed by atoms with van der Waals surface area (Å²) in [5, 5.41) is 9.30. The van der Waals surface area contributed by atoms with Gasteiger partial charge in [0.25, 0.3) is 0 Å². The van der Waals surface area contributed by atoms with Gasteiger partial charge in [0.05, 0.1) is 7.11 Å². The topological polar surface area (TPSA) is 55.5 Å². The fraction of sp³-hybridized carbons (Fsp3) is 0.500. The van der Waals surface area contributed by atoms with E-state index < -0.39 is 5.82 Å². The maximum atomic E-state index is 13.7. The van der Waals surface area contributed by atoms with Gasteiger partial charge < -0.3 is 15.6 Å². The summed E-state index contributed by atoms with van der Waals surface area (Å²) in [4.78, 5) is 0. The van der Waals surface area contributed by atoms with Gasteiger partial charge in [-0.3, -0.25) is 0 Å². The van der Waals surface area contributed by atoms with E-state index in [0.717, 1.165) is 24.8 Å². The van der Waals surface area contributed by atoms with Crippen LogP contribution in [0, 0.1) is 5.82 Å². The second-order valence-electron chi connectivity index (χ2n) is 4.32. The third kappa shape index (κ3) is 1.45. The highest BCUT2D eigenvalue weighted by atomic mass is 19.1. The normalized spacial score (nSPS) is 17.9. The number of halogens is 1. The summed E-state index contributed by atoms with van der Waals surface area (Å²) in [6, 6.07) is 3.08. The largest absolute Gasteiger partial charge is 0.505 e. The molecule has 1 aliphatic carbocycles. The van der Waals surface area contributed by atoms with Crippen molar-refractivity contribution in [2.24, 2.45) is 5.73 Å². The first-order valence-corrected chi connectivity index (χ1v) is 5.40. The van der Waals surface area contributed by atoms with Crippen molar-refractivity contribution in [2.45, 2.75) is 24.7 Å². The molecule has 0 saturated heterocycles. The molecule has 1 aliphatic rings. The zero-order valence-corrected chi connectivity index (χ0v) is 9.29. The Balaban J connectivity index is 2.52. The molecule has 0 unspecified atom stereocenters. The Labute approximate surface area is 94.0 Å². The average molecular weight is 225 g/mol. The Kier molecular flexibility index (Phi) is 2.76. The molecule has 0 radical (unpaired) electrons. The molecule has 0 amide bonds. The number of ether oxygens (including phenoxy) is 1. The summed E-state index contributed by atoms with van der Waals surface area (Å²) >= 11 is 0. The molecule has 3 N–H and O–H groups in total. The average Bonchev–Trinajstić information content (AvgIpc) is 2.23. The molecular formula is C12H16FNO2. The van der Waals surface area contributed by atoms with Crippen LogP contribution >= 0.6 is 0 Å². The van der Waals surface area contributed by atoms with Crippen molar-refractivity contribution in [3.8, 4) is 11.5 Å². The molecule has 1 fully saturated rings. The monoisotopic (exact) mass is 225 g/mol. The summed E-state index contributed by atoms with van der Waals surface area (Å²) < 4.78 is 18.7. The number of phenols is 1. The summed E-state index contributed by atoms with van der Waals surface area (Å²) in [6.07, 6.45) is 3.00. The van der Waals surface area contributed by atoms with E-state index in [9.17, 15) is 9.50 Å². The lowest BCUT2D eigenvalue weighted by atomic mass is 9.64. The van der Waals surface area contributed by atoms with Crippen LogP contribution in [0.25, 0.3) is 0 Å². The van der Waals surface area contributed by atoms with Crippen molar-refractivity contribution < 1.29 is 14.2 Å². The lowest BCUT2D eigenvalue weighted by Gasteiger charge is -2.42. The van der Waals surface area contributed by atoms with Crippen LogP contribution in [0.1, 0.15) is 24.8 Å². The first kappa shape index (κ1) is 11.2. The van der Waals surface area contributed by atoms with Crippen molar-refractivity contribution in [3.63, 3.8) is 0 Å². The summed E-state index contributed by atoms with van der Waals surface area (Å²) in [5.74, 6) is -0.947. The van der Waals surface area contributed by atoms with E-state index in [1.807, 2.05) is 0 Å². The van der Waals surface area contributed by atoms with Crippen LogP contribution in [0.5, 0.6) is 11.5 Å². The van der Waals surface area contributed by atoms with Gasteiger partial charge in [-0.25, -0.2) is 0 Å². The predicted octanol–water partition coefficient (Wildman–Crippen LogP) is 1.92. The number of phenolic OH excluding ortho intramolecular Hbond substituents is 1. The highest BCUT2D eigenvalue weighted by molar-refractivity contribution is 5.47. The molecule has 1 aromatic carbocycles. The van der Waals surface area contributed by atoms with Gasteiger partial charge in [0, 0.05) is 17.5 Å². The second-order valence-corrected chi connectivity index (χ2v) is 4.32. The molecule has 3 nitrogen and oxygen atoms in total. The molecule has 1 aromatic rings. The molecule has 16 heavy (non-hydrogen) atoms. The van der Waals surface area contributed by atoms with Crippen LogP contribution in [-0.4, -0.2) is 18.8 Å². The first-order valence-electron chi connectivity index (χ1n) is 5.40. The Morgan fingerprint density at radius 1 is 1.50 bits per heavy atom. The predicted molar refractivity (Wildman–Crippen MR) is 59.2 cm³/mol. The van der Waals surface area contributed by atoms with Crippen LogP contribution in [0.15, 0.2) is 12.1 Å². The smallest absolute Gasteiger partial charge is 0.206 e. The molecule has 0 heterocycles. The maximum Gasteiger partial charge on any atom is 0.206 e. The number of aromatic hydroxyl groups is 1. The van der Waals surface area contributed by atoms with Crippen molar-refractivity contribution >= 4 is 0 Å².